The lowest BCUT2D eigenvalue weighted by Crippen LogP contribution is -2.24. The lowest BCUT2D eigenvalue weighted by molar-refractivity contribution is -0.248. The van der Waals surface area contributed by atoms with E-state index in [9.17, 15) is 0 Å². The quantitative estimate of drug-likeness (QED) is 0.229. The standard InChI is InChI=1S/C12H26O3Si/c1-4-7-9-13-12(14-10-8-5-2)15-16-11-6-3/h6,12H,3-5,7-11,16H2,1-2H3. The topological polar surface area (TPSA) is 27.7 Å². The second-order valence-electron chi connectivity index (χ2n) is 3.69. The third-order valence-electron chi connectivity index (χ3n) is 2.08. The fourth-order valence-corrected chi connectivity index (χ4v) is 1.73. The van der Waals surface area contributed by atoms with Gasteiger partial charge in [-0.15, -0.1) is 6.58 Å². The molecule has 0 aliphatic carbocycles. The Kier molecular flexibility index (Phi) is 12.8. The molecule has 0 aliphatic rings. The first-order valence-electron chi connectivity index (χ1n) is 6.30. The second kappa shape index (κ2) is 12.9. The van der Waals surface area contributed by atoms with Crippen molar-refractivity contribution >= 4 is 9.76 Å². The summed E-state index contributed by atoms with van der Waals surface area (Å²) in [6.07, 6.45) is 6.26. The van der Waals surface area contributed by atoms with Crippen molar-refractivity contribution in [2.75, 3.05) is 13.2 Å². The summed E-state index contributed by atoms with van der Waals surface area (Å²) in [5.41, 5.74) is 0. The SMILES string of the molecule is C=CC[SiH2]OC(OCCCC)OCCCC. The molecule has 0 rings (SSSR count). The van der Waals surface area contributed by atoms with E-state index in [1.165, 1.54) is 0 Å². The Morgan fingerprint density at radius 3 is 2.12 bits per heavy atom. The van der Waals surface area contributed by atoms with Gasteiger partial charge in [0.2, 0.25) is 0 Å². The van der Waals surface area contributed by atoms with E-state index in [2.05, 4.69) is 20.4 Å². The van der Waals surface area contributed by atoms with Crippen LogP contribution >= 0.6 is 0 Å². The van der Waals surface area contributed by atoms with Crippen LogP contribution in [0.15, 0.2) is 12.7 Å². The summed E-state index contributed by atoms with van der Waals surface area (Å²) in [5, 5.41) is 0. The number of unbranched alkanes of at least 4 members (excludes halogenated alkanes) is 2. The predicted octanol–water partition coefficient (Wildman–Crippen LogP) is 2.61. The van der Waals surface area contributed by atoms with Gasteiger partial charge in [-0.25, -0.2) is 0 Å². The van der Waals surface area contributed by atoms with E-state index in [4.69, 9.17) is 13.9 Å². The summed E-state index contributed by atoms with van der Waals surface area (Å²) >= 11 is 0. The van der Waals surface area contributed by atoms with Gasteiger partial charge in [-0.05, 0) is 18.9 Å². The van der Waals surface area contributed by atoms with Crippen LogP contribution in [0.1, 0.15) is 39.5 Å². The van der Waals surface area contributed by atoms with Crippen molar-refractivity contribution in [3.63, 3.8) is 0 Å². The van der Waals surface area contributed by atoms with Crippen molar-refractivity contribution < 1.29 is 13.9 Å². The van der Waals surface area contributed by atoms with Crippen LogP contribution < -0.4 is 0 Å². The van der Waals surface area contributed by atoms with Crippen LogP contribution in [0.3, 0.4) is 0 Å². The minimum absolute atomic E-state index is 0.440. The van der Waals surface area contributed by atoms with Gasteiger partial charge in [0.15, 0.2) is 9.76 Å². The van der Waals surface area contributed by atoms with Crippen LogP contribution in [0.5, 0.6) is 0 Å². The first-order chi connectivity index (χ1) is 7.85. The molecule has 0 amide bonds. The Labute approximate surface area is 102 Å². The molecule has 0 saturated carbocycles. The molecule has 0 atom stereocenters. The Morgan fingerprint density at radius 2 is 1.69 bits per heavy atom. The summed E-state index contributed by atoms with van der Waals surface area (Å²) in [7, 11) is -0.573. The molecule has 0 unspecified atom stereocenters. The number of allylic oxidation sites excluding steroid dienone is 1. The largest absolute Gasteiger partial charge is 0.378 e. The fourth-order valence-electron chi connectivity index (χ4n) is 1.04. The van der Waals surface area contributed by atoms with Gasteiger partial charge in [0.1, 0.15) is 0 Å². The van der Waals surface area contributed by atoms with Crippen LogP contribution in [-0.4, -0.2) is 29.5 Å². The summed E-state index contributed by atoms with van der Waals surface area (Å²) in [4.78, 5) is 0. The maximum absolute atomic E-state index is 5.60. The zero-order valence-corrected chi connectivity index (χ0v) is 12.2. The Morgan fingerprint density at radius 1 is 1.12 bits per heavy atom. The summed E-state index contributed by atoms with van der Waals surface area (Å²) in [6.45, 7) is 8.96. The molecule has 3 nitrogen and oxygen atoms in total. The molecule has 4 heteroatoms. The van der Waals surface area contributed by atoms with Crippen molar-refractivity contribution in [3.05, 3.63) is 12.7 Å². The lowest BCUT2D eigenvalue weighted by atomic mass is 10.4. The van der Waals surface area contributed by atoms with Gasteiger partial charge in [0.05, 0.1) is 13.2 Å². The Balaban J connectivity index is 3.62. The van der Waals surface area contributed by atoms with Crippen LogP contribution in [-0.2, 0) is 13.9 Å². The van der Waals surface area contributed by atoms with Crippen molar-refractivity contribution in [2.45, 2.75) is 52.1 Å². The van der Waals surface area contributed by atoms with Crippen molar-refractivity contribution in [3.8, 4) is 0 Å². The fraction of sp³-hybridized carbons (Fsp3) is 0.833. The zero-order chi connectivity index (χ0) is 12.1. The van der Waals surface area contributed by atoms with Crippen LogP contribution in [0.25, 0.3) is 0 Å². The minimum Gasteiger partial charge on any atom is -0.378 e. The number of hydrogen-bond donors (Lipinski definition) is 0. The highest BCUT2D eigenvalue weighted by atomic mass is 28.2. The Bertz CT molecular complexity index is 143. The first-order valence-corrected chi connectivity index (χ1v) is 7.88. The molecule has 96 valence electrons. The molecule has 0 heterocycles. The zero-order valence-electron chi connectivity index (χ0n) is 10.7. The minimum atomic E-state index is -0.573. The molecule has 0 aromatic heterocycles. The highest BCUT2D eigenvalue weighted by Gasteiger charge is 2.08. The molecular weight excluding hydrogens is 220 g/mol. The lowest BCUT2D eigenvalue weighted by Gasteiger charge is -2.18. The maximum atomic E-state index is 5.60. The first kappa shape index (κ1) is 15.8. The van der Waals surface area contributed by atoms with E-state index in [0.29, 0.717) is 0 Å². The molecule has 0 N–H and O–H groups in total. The van der Waals surface area contributed by atoms with E-state index in [1.54, 1.807) is 0 Å². The van der Waals surface area contributed by atoms with Gasteiger partial charge >= 0.3 is 0 Å². The van der Waals surface area contributed by atoms with E-state index < -0.39 is 16.2 Å². The molecule has 0 aromatic carbocycles. The average Bonchev–Trinajstić information content (AvgIpc) is 2.29. The van der Waals surface area contributed by atoms with E-state index >= 15 is 0 Å². The molecular formula is C12H26O3Si. The van der Waals surface area contributed by atoms with Gasteiger partial charge in [0.25, 0.3) is 6.48 Å². The molecule has 0 saturated heterocycles. The molecule has 0 radical (unpaired) electrons. The number of ether oxygens (including phenoxy) is 2. The highest BCUT2D eigenvalue weighted by Crippen LogP contribution is 2.02. The highest BCUT2D eigenvalue weighted by molar-refractivity contribution is 6.27. The molecule has 0 spiro atoms. The van der Waals surface area contributed by atoms with Crippen molar-refractivity contribution in [2.24, 2.45) is 0 Å². The second-order valence-corrected chi connectivity index (χ2v) is 5.00. The normalized spacial score (nSPS) is 11.7. The van der Waals surface area contributed by atoms with Crippen LogP contribution in [0, 0.1) is 0 Å². The van der Waals surface area contributed by atoms with Crippen molar-refractivity contribution in [1.29, 1.82) is 0 Å². The summed E-state index contributed by atoms with van der Waals surface area (Å²) in [5.74, 6) is 0. The van der Waals surface area contributed by atoms with Gasteiger partial charge < -0.3 is 13.9 Å². The van der Waals surface area contributed by atoms with E-state index in [1.807, 2.05) is 6.08 Å². The molecule has 0 bridgehead atoms. The van der Waals surface area contributed by atoms with E-state index in [0.717, 1.165) is 44.9 Å². The van der Waals surface area contributed by atoms with Gasteiger partial charge in [-0.2, -0.15) is 0 Å². The smallest absolute Gasteiger partial charge is 0.261 e. The van der Waals surface area contributed by atoms with Crippen LogP contribution in [0.2, 0.25) is 6.04 Å². The predicted molar refractivity (Wildman–Crippen MR) is 70.1 cm³/mol. The molecule has 16 heavy (non-hydrogen) atoms. The summed E-state index contributed by atoms with van der Waals surface area (Å²) < 4.78 is 16.7. The number of rotatable bonds is 12. The third-order valence-corrected chi connectivity index (χ3v) is 3.23. The third kappa shape index (κ3) is 10.4. The van der Waals surface area contributed by atoms with Gasteiger partial charge in [-0.1, -0.05) is 32.8 Å². The number of hydrogen-bond acceptors (Lipinski definition) is 3. The maximum Gasteiger partial charge on any atom is 0.261 e. The van der Waals surface area contributed by atoms with Gasteiger partial charge in [-0.3, -0.25) is 0 Å². The molecule has 0 aliphatic heterocycles. The molecule has 0 fully saturated rings. The Hall–Kier alpha value is -0.163. The van der Waals surface area contributed by atoms with Gasteiger partial charge in [0, 0.05) is 0 Å². The monoisotopic (exact) mass is 246 g/mol. The van der Waals surface area contributed by atoms with E-state index in [-0.39, 0.29) is 0 Å². The molecule has 0 aromatic rings. The van der Waals surface area contributed by atoms with Crippen molar-refractivity contribution in [1.82, 2.24) is 0 Å². The van der Waals surface area contributed by atoms with Crippen LogP contribution in [0.4, 0.5) is 0 Å². The summed E-state index contributed by atoms with van der Waals surface area (Å²) in [6, 6.07) is 0.963. The average molecular weight is 246 g/mol.